The van der Waals surface area contributed by atoms with Crippen molar-refractivity contribution in [2.75, 3.05) is 6.54 Å². The van der Waals surface area contributed by atoms with Gasteiger partial charge in [-0.1, -0.05) is 43.7 Å². The summed E-state index contributed by atoms with van der Waals surface area (Å²) in [7, 11) is 0. The predicted molar refractivity (Wildman–Crippen MR) is 114 cm³/mol. The van der Waals surface area contributed by atoms with Crippen LogP contribution in [0.25, 0.3) is 0 Å². The monoisotopic (exact) mass is 408 g/mol. The van der Waals surface area contributed by atoms with Crippen LogP contribution in [0.5, 0.6) is 0 Å². The fourth-order valence-corrected chi connectivity index (χ4v) is 4.14. The Morgan fingerprint density at radius 1 is 1.30 bits per heavy atom. The predicted octanol–water partition coefficient (Wildman–Crippen LogP) is 4.22. The molecule has 6 heteroatoms. The van der Waals surface area contributed by atoms with E-state index in [0.29, 0.717) is 6.54 Å². The molecule has 0 bridgehead atoms. The van der Waals surface area contributed by atoms with Crippen LogP contribution in [0.2, 0.25) is 0 Å². The second-order valence-electron chi connectivity index (χ2n) is 6.86. The molecule has 1 amide bonds. The number of hydrogen-bond acceptors (Lipinski definition) is 4. The molecule has 1 aliphatic rings. The summed E-state index contributed by atoms with van der Waals surface area (Å²) in [6.07, 6.45) is 4.69. The number of nitrogens with two attached hydrogens (primary N) is 1. The van der Waals surface area contributed by atoms with Gasteiger partial charge in [0.2, 0.25) is 5.91 Å². The summed E-state index contributed by atoms with van der Waals surface area (Å²) in [5.74, 6) is -0.0468. The van der Waals surface area contributed by atoms with Crippen LogP contribution in [-0.2, 0) is 16.0 Å². The van der Waals surface area contributed by atoms with Crippen LogP contribution in [0.3, 0.4) is 0 Å². The number of carbonyl (C=O) groups excluding carboxylic acids is 1. The van der Waals surface area contributed by atoms with Crippen LogP contribution >= 0.6 is 23.7 Å². The Labute approximate surface area is 171 Å². The summed E-state index contributed by atoms with van der Waals surface area (Å²) in [6, 6.07) is 12.6. The molecule has 27 heavy (non-hydrogen) atoms. The molecule has 0 spiro atoms. The van der Waals surface area contributed by atoms with Gasteiger partial charge in [0, 0.05) is 11.4 Å². The Morgan fingerprint density at radius 2 is 2.07 bits per heavy atom. The number of rotatable bonds is 8. The van der Waals surface area contributed by atoms with E-state index in [1.165, 1.54) is 18.4 Å². The van der Waals surface area contributed by atoms with Crippen molar-refractivity contribution in [2.45, 2.75) is 57.3 Å². The van der Waals surface area contributed by atoms with Crippen molar-refractivity contribution in [1.29, 1.82) is 0 Å². The van der Waals surface area contributed by atoms with E-state index in [2.05, 4.69) is 42.6 Å². The summed E-state index contributed by atoms with van der Waals surface area (Å²) < 4.78 is 5.76. The second-order valence-corrected chi connectivity index (χ2v) is 7.84. The maximum atomic E-state index is 12.7. The molecule has 1 fully saturated rings. The lowest BCUT2D eigenvalue weighted by Gasteiger charge is -2.21. The first kappa shape index (κ1) is 21.9. The lowest BCUT2D eigenvalue weighted by atomic mass is 10.0. The fourth-order valence-electron chi connectivity index (χ4n) is 3.34. The standard InChI is InChI=1S/C21H28N2O2S.ClH/c1-2-3-5-15-7-9-16(10-8-15)20(19-6-4-13-26-19)23-21(24)18-12-11-17(14-22)25-18;/h4,6-10,13,17-18,20H,2-3,5,11-12,14,22H2,1H3,(H,23,24);1H/t17-,18+,20?;/m1./s1. The van der Waals surface area contributed by atoms with Gasteiger partial charge in [0.25, 0.3) is 0 Å². The summed E-state index contributed by atoms with van der Waals surface area (Å²) in [4.78, 5) is 13.9. The molecule has 2 aromatic rings. The van der Waals surface area contributed by atoms with Crippen LogP contribution in [0.1, 0.15) is 54.7 Å². The minimum atomic E-state index is -0.394. The van der Waals surface area contributed by atoms with Crippen molar-refractivity contribution in [3.8, 4) is 0 Å². The van der Waals surface area contributed by atoms with E-state index in [0.717, 1.165) is 29.7 Å². The van der Waals surface area contributed by atoms with Crippen LogP contribution in [0.15, 0.2) is 41.8 Å². The molecular weight excluding hydrogens is 380 g/mol. The molecule has 148 valence electrons. The third-order valence-corrected chi connectivity index (χ3v) is 5.85. The summed E-state index contributed by atoms with van der Waals surface area (Å²) >= 11 is 1.66. The highest BCUT2D eigenvalue weighted by molar-refractivity contribution is 7.10. The van der Waals surface area contributed by atoms with Crippen molar-refractivity contribution in [1.82, 2.24) is 5.32 Å². The van der Waals surface area contributed by atoms with Gasteiger partial charge in [-0.25, -0.2) is 0 Å². The van der Waals surface area contributed by atoms with E-state index in [1.54, 1.807) is 11.3 Å². The highest BCUT2D eigenvalue weighted by Gasteiger charge is 2.31. The highest BCUT2D eigenvalue weighted by Crippen LogP contribution is 2.28. The third kappa shape index (κ3) is 5.79. The molecule has 1 aliphatic heterocycles. The number of hydrogen-bond donors (Lipinski definition) is 2. The van der Waals surface area contributed by atoms with Crippen molar-refractivity contribution < 1.29 is 9.53 Å². The minimum Gasteiger partial charge on any atom is -0.364 e. The highest BCUT2D eigenvalue weighted by atomic mass is 35.5. The molecule has 4 nitrogen and oxygen atoms in total. The number of unbranched alkanes of at least 4 members (excludes halogenated alkanes) is 1. The van der Waals surface area contributed by atoms with Crippen LogP contribution in [0, 0.1) is 0 Å². The van der Waals surface area contributed by atoms with E-state index in [9.17, 15) is 4.79 Å². The van der Waals surface area contributed by atoms with E-state index >= 15 is 0 Å². The smallest absolute Gasteiger partial charge is 0.249 e. The molecule has 1 aromatic carbocycles. The number of amides is 1. The van der Waals surface area contributed by atoms with Crippen molar-refractivity contribution in [3.63, 3.8) is 0 Å². The summed E-state index contributed by atoms with van der Waals surface area (Å²) in [6.45, 7) is 2.67. The molecule has 1 saturated heterocycles. The maximum absolute atomic E-state index is 12.7. The van der Waals surface area contributed by atoms with E-state index in [4.69, 9.17) is 10.5 Å². The summed E-state index contributed by atoms with van der Waals surface area (Å²) in [5, 5.41) is 5.23. The third-order valence-electron chi connectivity index (χ3n) is 4.91. The Bertz CT molecular complexity index is 691. The van der Waals surface area contributed by atoms with Gasteiger partial charge in [0.05, 0.1) is 12.1 Å². The number of aryl methyl sites for hydroxylation is 1. The zero-order valence-corrected chi connectivity index (χ0v) is 17.4. The zero-order valence-electron chi connectivity index (χ0n) is 15.7. The first-order valence-corrected chi connectivity index (χ1v) is 10.4. The SMILES string of the molecule is CCCCc1ccc(C(NC(=O)[C@@H]2CC[C@H](CN)O2)c2cccs2)cc1.Cl. The molecule has 2 heterocycles. The number of halogens is 1. The second kappa shape index (κ2) is 10.8. The average Bonchev–Trinajstić information content (AvgIpc) is 3.36. The van der Waals surface area contributed by atoms with Crippen LogP contribution < -0.4 is 11.1 Å². The van der Waals surface area contributed by atoms with Gasteiger partial charge >= 0.3 is 0 Å². The Hall–Kier alpha value is -1.40. The topological polar surface area (TPSA) is 64.4 Å². The first-order valence-electron chi connectivity index (χ1n) is 9.49. The van der Waals surface area contributed by atoms with Crippen LogP contribution in [0.4, 0.5) is 0 Å². The van der Waals surface area contributed by atoms with Crippen molar-refractivity contribution in [2.24, 2.45) is 5.73 Å². The number of benzene rings is 1. The normalized spacial score (nSPS) is 20.1. The molecule has 3 atom stereocenters. The summed E-state index contributed by atoms with van der Waals surface area (Å²) in [5.41, 5.74) is 8.11. The van der Waals surface area contributed by atoms with Gasteiger partial charge in [-0.2, -0.15) is 0 Å². The van der Waals surface area contributed by atoms with Gasteiger partial charge in [0.15, 0.2) is 0 Å². The molecule has 1 aromatic heterocycles. The number of carbonyl (C=O) groups is 1. The molecule has 0 aliphatic carbocycles. The molecule has 0 saturated carbocycles. The zero-order chi connectivity index (χ0) is 18.4. The Morgan fingerprint density at radius 3 is 2.67 bits per heavy atom. The molecule has 1 unspecified atom stereocenters. The first-order chi connectivity index (χ1) is 12.7. The number of thiophene rings is 1. The van der Waals surface area contributed by atoms with Crippen molar-refractivity contribution in [3.05, 3.63) is 57.8 Å². The van der Waals surface area contributed by atoms with Gasteiger partial charge in [-0.15, -0.1) is 23.7 Å². The number of nitrogens with one attached hydrogen (secondary N) is 1. The quantitative estimate of drug-likeness (QED) is 0.687. The fraction of sp³-hybridized carbons (Fsp3) is 0.476. The van der Waals surface area contributed by atoms with Gasteiger partial charge in [-0.3, -0.25) is 4.79 Å². The maximum Gasteiger partial charge on any atom is 0.249 e. The lowest BCUT2D eigenvalue weighted by Crippen LogP contribution is -2.38. The van der Waals surface area contributed by atoms with E-state index in [1.807, 2.05) is 11.4 Å². The van der Waals surface area contributed by atoms with E-state index < -0.39 is 6.10 Å². The molecule has 0 radical (unpaired) electrons. The van der Waals surface area contributed by atoms with Crippen molar-refractivity contribution >= 4 is 29.7 Å². The Kier molecular flexibility index (Phi) is 8.77. The van der Waals surface area contributed by atoms with Gasteiger partial charge in [0.1, 0.15) is 6.10 Å². The molecular formula is C21H29ClN2O2S. The molecule has 3 N–H and O–H groups in total. The largest absolute Gasteiger partial charge is 0.364 e. The Balaban J connectivity index is 0.00000261. The van der Waals surface area contributed by atoms with Crippen LogP contribution in [-0.4, -0.2) is 24.7 Å². The lowest BCUT2D eigenvalue weighted by molar-refractivity contribution is -0.132. The molecule has 3 rings (SSSR count). The van der Waals surface area contributed by atoms with Gasteiger partial charge < -0.3 is 15.8 Å². The van der Waals surface area contributed by atoms with Gasteiger partial charge in [-0.05, 0) is 48.3 Å². The average molecular weight is 409 g/mol. The van der Waals surface area contributed by atoms with E-state index in [-0.39, 0.29) is 30.5 Å². The number of ether oxygens (including phenoxy) is 1. The minimum absolute atomic E-state index is 0.